The number of thiophene rings is 1. The van der Waals surface area contributed by atoms with Crippen LogP contribution >= 0.6 is 11.3 Å². The fourth-order valence-electron chi connectivity index (χ4n) is 3.35. The monoisotopic (exact) mass is 370 g/mol. The molecule has 0 saturated carbocycles. The number of likely N-dealkylation sites (tertiary alicyclic amines) is 1. The molecule has 2 aromatic rings. The summed E-state index contributed by atoms with van der Waals surface area (Å²) in [6.07, 6.45) is 4.00. The first kappa shape index (κ1) is 18.6. The standard InChI is InChI=1S/C21H26N2O2S/c24-20(10-4-8-19-9-5-15-26-19)23-13-11-18(12-14-23)21(25)22-16-17-6-2-1-3-7-17/h1-3,5-7,9,15,18H,4,8,10-14,16H2,(H,22,25). The Hall–Kier alpha value is -2.14. The number of carbonyl (C=O) groups is 2. The Morgan fingerprint density at radius 2 is 1.85 bits per heavy atom. The highest BCUT2D eigenvalue weighted by Crippen LogP contribution is 2.19. The number of nitrogens with zero attached hydrogens (tertiary/aromatic N) is 1. The van der Waals surface area contributed by atoms with E-state index < -0.39 is 0 Å². The highest BCUT2D eigenvalue weighted by molar-refractivity contribution is 7.09. The van der Waals surface area contributed by atoms with Crippen molar-refractivity contribution in [1.29, 1.82) is 0 Å². The molecule has 0 atom stereocenters. The summed E-state index contributed by atoms with van der Waals surface area (Å²) in [6, 6.07) is 14.1. The van der Waals surface area contributed by atoms with Gasteiger partial charge in [-0.2, -0.15) is 0 Å². The van der Waals surface area contributed by atoms with Crippen molar-refractivity contribution in [2.45, 2.75) is 38.6 Å². The molecule has 1 N–H and O–H groups in total. The molecule has 0 bridgehead atoms. The number of benzene rings is 1. The van der Waals surface area contributed by atoms with Gasteiger partial charge in [-0.25, -0.2) is 0 Å². The third-order valence-electron chi connectivity index (χ3n) is 4.92. The number of hydrogen-bond acceptors (Lipinski definition) is 3. The number of amides is 2. The number of piperidine rings is 1. The summed E-state index contributed by atoms with van der Waals surface area (Å²) in [6.45, 7) is 1.96. The molecule has 3 rings (SSSR count). The second-order valence-corrected chi connectivity index (χ2v) is 7.82. The zero-order valence-corrected chi connectivity index (χ0v) is 15.8. The van der Waals surface area contributed by atoms with E-state index >= 15 is 0 Å². The smallest absolute Gasteiger partial charge is 0.223 e. The summed E-state index contributed by atoms with van der Waals surface area (Å²) in [5.41, 5.74) is 1.11. The van der Waals surface area contributed by atoms with Crippen molar-refractivity contribution in [2.24, 2.45) is 5.92 Å². The average Bonchev–Trinajstić information content (AvgIpc) is 3.20. The van der Waals surface area contributed by atoms with Gasteiger partial charge < -0.3 is 10.2 Å². The summed E-state index contributed by atoms with van der Waals surface area (Å²) in [4.78, 5) is 27.9. The molecule has 4 nitrogen and oxygen atoms in total. The van der Waals surface area contributed by atoms with Crippen LogP contribution in [0.3, 0.4) is 0 Å². The predicted octanol–water partition coefficient (Wildman–Crippen LogP) is 3.63. The van der Waals surface area contributed by atoms with E-state index in [2.05, 4.69) is 22.8 Å². The molecular formula is C21H26N2O2S. The lowest BCUT2D eigenvalue weighted by molar-refractivity contribution is -0.135. The van der Waals surface area contributed by atoms with Gasteiger partial charge in [-0.3, -0.25) is 9.59 Å². The van der Waals surface area contributed by atoms with Crippen LogP contribution in [-0.4, -0.2) is 29.8 Å². The number of carbonyl (C=O) groups excluding carboxylic acids is 2. The lowest BCUT2D eigenvalue weighted by Crippen LogP contribution is -2.42. The molecule has 0 aliphatic carbocycles. The molecule has 1 aromatic heterocycles. The SMILES string of the molecule is O=C(NCc1ccccc1)C1CCN(C(=O)CCCc2cccs2)CC1. The van der Waals surface area contributed by atoms with Crippen molar-refractivity contribution < 1.29 is 9.59 Å². The van der Waals surface area contributed by atoms with Gasteiger partial charge in [0.2, 0.25) is 11.8 Å². The second-order valence-electron chi connectivity index (χ2n) is 6.79. The number of nitrogens with one attached hydrogen (secondary N) is 1. The van der Waals surface area contributed by atoms with Crippen LogP contribution in [0, 0.1) is 5.92 Å². The summed E-state index contributed by atoms with van der Waals surface area (Å²) in [7, 11) is 0. The van der Waals surface area contributed by atoms with Crippen LogP contribution in [0.4, 0.5) is 0 Å². The van der Waals surface area contributed by atoms with Gasteiger partial charge in [-0.05, 0) is 42.7 Å². The van der Waals surface area contributed by atoms with E-state index in [-0.39, 0.29) is 17.7 Å². The van der Waals surface area contributed by atoms with Crippen LogP contribution in [0.15, 0.2) is 47.8 Å². The first-order chi connectivity index (χ1) is 12.7. The fraction of sp³-hybridized carbons (Fsp3) is 0.429. The van der Waals surface area contributed by atoms with Crippen LogP contribution in [0.5, 0.6) is 0 Å². The minimum Gasteiger partial charge on any atom is -0.352 e. The Morgan fingerprint density at radius 1 is 1.08 bits per heavy atom. The lowest BCUT2D eigenvalue weighted by Gasteiger charge is -2.31. The summed E-state index contributed by atoms with van der Waals surface area (Å²) in [5.74, 6) is 0.359. The van der Waals surface area contributed by atoms with Gasteiger partial charge in [0.15, 0.2) is 0 Å². The van der Waals surface area contributed by atoms with E-state index in [9.17, 15) is 9.59 Å². The molecule has 1 aliphatic rings. The minimum atomic E-state index is 0.0221. The first-order valence-electron chi connectivity index (χ1n) is 9.34. The molecule has 1 saturated heterocycles. The number of hydrogen-bond donors (Lipinski definition) is 1. The maximum absolute atomic E-state index is 12.3. The second kappa shape index (κ2) is 9.53. The van der Waals surface area contributed by atoms with Crippen LogP contribution in [0.2, 0.25) is 0 Å². The van der Waals surface area contributed by atoms with Gasteiger partial charge in [0.25, 0.3) is 0 Å². The molecule has 2 heterocycles. The molecule has 0 radical (unpaired) electrons. The average molecular weight is 371 g/mol. The zero-order chi connectivity index (χ0) is 18.2. The summed E-state index contributed by atoms with van der Waals surface area (Å²) in [5, 5.41) is 5.10. The van der Waals surface area contributed by atoms with Crippen molar-refractivity contribution in [1.82, 2.24) is 10.2 Å². The fourth-order valence-corrected chi connectivity index (χ4v) is 4.10. The van der Waals surface area contributed by atoms with Gasteiger partial charge in [0.05, 0.1) is 0 Å². The number of rotatable bonds is 7. The van der Waals surface area contributed by atoms with Crippen molar-refractivity contribution in [3.05, 3.63) is 58.3 Å². The van der Waals surface area contributed by atoms with Gasteiger partial charge >= 0.3 is 0 Å². The predicted molar refractivity (Wildman–Crippen MR) is 105 cm³/mol. The molecule has 26 heavy (non-hydrogen) atoms. The van der Waals surface area contributed by atoms with Crippen LogP contribution < -0.4 is 5.32 Å². The maximum Gasteiger partial charge on any atom is 0.223 e. The van der Waals surface area contributed by atoms with Crippen molar-refractivity contribution in [2.75, 3.05) is 13.1 Å². The molecule has 2 amide bonds. The topological polar surface area (TPSA) is 49.4 Å². The maximum atomic E-state index is 12.3. The zero-order valence-electron chi connectivity index (χ0n) is 15.0. The Bertz CT molecular complexity index is 692. The molecule has 0 unspecified atom stereocenters. The Balaban J connectivity index is 1.35. The molecule has 1 aromatic carbocycles. The van der Waals surface area contributed by atoms with Gasteiger partial charge in [-0.15, -0.1) is 11.3 Å². The first-order valence-corrected chi connectivity index (χ1v) is 10.2. The highest BCUT2D eigenvalue weighted by atomic mass is 32.1. The van der Waals surface area contributed by atoms with Crippen LogP contribution in [-0.2, 0) is 22.6 Å². The van der Waals surface area contributed by atoms with Gasteiger partial charge in [0, 0.05) is 36.9 Å². The van der Waals surface area contributed by atoms with Crippen molar-refractivity contribution >= 4 is 23.2 Å². The molecule has 5 heteroatoms. The quantitative estimate of drug-likeness (QED) is 0.809. The van der Waals surface area contributed by atoms with E-state index in [4.69, 9.17) is 0 Å². The Labute approximate surface area is 159 Å². The number of aryl methyl sites for hydroxylation is 1. The van der Waals surface area contributed by atoms with E-state index in [1.54, 1.807) is 11.3 Å². The summed E-state index contributed by atoms with van der Waals surface area (Å²) >= 11 is 1.75. The van der Waals surface area contributed by atoms with E-state index in [1.165, 1.54) is 4.88 Å². The van der Waals surface area contributed by atoms with Crippen LogP contribution in [0.1, 0.15) is 36.1 Å². The van der Waals surface area contributed by atoms with Crippen molar-refractivity contribution in [3.63, 3.8) is 0 Å². The summed E-state index contributed by atoms with van der Waals surface area (Å²) < 4.78 is 0. The molecule has 1 fully saturated rings. The molecule has 1 aliphatic heterocycles. The normalized spacial score (nSPS) is 15.0. The van der Waals surface area contributed by atoms with Gasteiger partial charge in [-0.1, -0.05) is 36.4 Å². The van der Waals surface area contributed by atoms with Gasteiger partial charge in [0.1, 0.15) is 0 Å². The molecular weight excluding hydrogens is 344 g/mol. The largest absolute Gasteiger partial charge is 0.352 e. The third-order valence-corrected chi connectivity index (χ3v) is 5.86. The van der Waals surface area contributed by atoms with E-state index in [0.29, 0.717) is 26.1 Å². The van der Waals surface area contributed by atoms with E-state index in [1.807, 2.05) is 35.2 Å². The van der Waals surface area contributed by atoms with E-state index in [0.717, 1.165) is 31.2 Å². The Morgan fingerprint density at radius 3 is 2.54 bits per heavy atom. The minimum absolute atomic E-state index is 0.0221. The molecule has 138 valence electrons. The van der Waals surface area contributed by atoms with Crippen LogP contribution in [0.25, 0.3) is 0 Å². The lowest BCUT2D eigenvalue weighted by atomic mass is 9.95. The third kappa shape index (κ3) is 5.43. The Kier molecular flexibility index (Phi) is 6.83. The molecule has 0 spiro atoms. The van der Waals surface area contributed by atoms with Crippen molar-refractivity contribution in [3.8, 4) is 0 Å². The highest BCUT2D eigenvalue weighted by Gasteiger charge is 2.26.